The van der Waals surface area contributed by atoms with Gasteiger partial charge < -0.3 is 5.11 Å². The van der Waals surface area contributed by atoms with Crippen LogP contribution in [0.1, 0.15) is 37.7 Å². The first-order chi connectivity index (χ1) is 18.1. The summed E-state index contributed by atoms with van der Waals surface area (Å²) in [4.78, 5) is 53.1. The number of fused-ring (bicyclic) bond motifs is 5. The predicted molar refractivity (Wildman–Crippen MR) is 146 cm³/mol. The van der Waals surface area contributed by atoms with E-state index in [-0.39, 0.29) is 29.4 Å². The molecule has 4 aliphatic rings. The average Bonchev–Trinajstić information content (AvgIpc) is 3.23. The van der Waals surface area contributed by atoms with E-state index in [1.54, 1.807) is 24.3 Å². The summed E-state index contributed by atoms with van der Waals surface area (Å²) in [6, 6.07) is 10.5. The number of aromatic hydroxyl groups is 1. The first kappa shape index (κ1) is 25.8. The molecule has 2 saturated heterocycles. The van der Waals surface area contributed by atoms with Crippen molar-refractivity contribution < 1.29 is 24.3 Å². The SMILES string of the molecule is CCCN1C(=O)[C@H]2[C@H](CC=C3[C@H]2C[C@@]2(Cl)C(=O)N(CBr)C(=O)[C@@]2(Cl)[C@H]3c2ccc(O)c3ccccc23)C1=O. The Kier molecular flexibility index (Phi) is 5.98. The Morgan fingerprint density at radius 1 is 0.974 bits per heavy atom. The number of amides is 4. The van der Waals surface area contributed by atoms with Gasteiger partial charge in [-0.05, 0) is 42.2 Å². The number of carbonyl (C=O) groups excluding carboxylic acids is 4. The van der Waals surface area contributed by atoms with Crippen LogP contribution in [0, 0.1) is 17.8 Å². The summed E-state index contributed by atoms with van der Waals surface area (Å²) >= 11 is 17.8. The second kappa shape index (κ2) is 8.80. The Balaban J connectivity index is 1.61. The fraction of sp³-hybridized carbons (Fsp3) is 0.429. The van der Waals surface area contributed by atoms with Gasteiger partial charge in [-0.1, -0.05) is 64.8 Å². The maximum Gasteiger partial charge on any atom is 0.254 e. The summed E-state index contributed by atoms with van der Waals surface area (Å²) in [5.74, 6) is -4.27. The van der Waals surface area contributed by atoms with Crippen LogP contribution in [0.2, 0.25) is 0 Å². The molecule has 1 N–H and O–H groups in total. The van der Waals surface area contributed by atoms with Crippen LogP contribution in [-0.2, 0) is 19.2 Å². The molecule has 0 spiro atoms. The van der Waals surface area contributed by atoms with Crippen LogP contribution in [0.15, 0.2) is 48.0 Å². The summed E-state index contributed by atoms with van der Waals surface area (Å²) < 4.78 is 0. The fourth-order valence-corrected chi connectivity index (χ4v) is 8.58. The van der Waals surface area contributed by atoms with Gasteiger partial charge in [0.2, 0.25) is 11.8 Å². The molecular weight excluding hydrogens is 595 g/mol. The van der Waals surface area contributed by atoms with Crippen molar-refractivity contribution in [3.63, 3.8) is 0 Å². The second-order valence-electron chi connectivity index (χ2n) is 10.5. The van der Waals surface area contributed by atoms with Crippen molar-refractivity contribution in [2.45, 2.75) is 41.9 Å². The number of allylic oxidation sites excluding steroid dienone is 2. The number of halogens is 3. The Morgan fingerprint density at radius 3 is 2.37 bits per heavy atom. The fourth-order valence-electron chi connectivity index (χ4n) is 7.17. The lowest BCUT2D eigenvalue weighted by atomic mass is 9.56. The molecule has 38 heavy (non-hydrogen) atoms. The number of hydrogen-bond acceptors (Lipinski definition) is 5. The monoisotopic (exact) mass is 618 g/mol. The molecule has 2 aromatic rings. The van der Waals surface area contributed by atoms with E-state index < -0.39 is 45.2 Å². The molecule has 6 rings (SSSR count). The van der Waals surface area contributed by atoms with Gasteiger partial charge in [-0.15, -0.1) is 23.2 Å². The highest BCUT2D eigenvalue weighted by Crippen LogP contribution is 2.66. The third kappa shape index (κ3) is 3.08. The molecule has 2 aromatic carbocycles. The van der Waals surface area contributed by atoms with Crippen molar-refractivity contribution in [2.75, 3.05) is 12.0 Å². The number of rotatable bonds is 4. The minimum atomic E-state index is -1.87. The van der Waals surface area contributed by atoms with Crippen molar-refractivity contribution in [3.05, 3.63) is 53.6 Å². The average molecular weight is 620 g/mol. The van der Waals surface area contributed by atoms with Crippen LogP contribution in [0.3, 0.4) is 0 Å². The molecule has 1 saturated carbocycles. The largest absolute Gasteiger partial charge is 0.507 e. The van der Waals surface area contributed by atoms with Crippen molar-refractivity contribution in [1.82, 2.24) is 9.80 Å². The molecule has 6 atom stereocenters. The lowest BCUT2D eigenvalue weighted by Crippen LogP contribution is -2.60. The lowest BCUT2D eigenvalue weighted by molar-refractivity contribution is -0.141. The Hall–Kier alpha value is -2.42. The number of alkyl halides is 3. The summed E-state index contributed by atoms with van der Waals surface area (Å²) in [5.41, 5.74) is 1.30. The number of likely N-dealkylation sites (tertiary alicyclic amines) is 2. The highest BCUT2D eigenvalue weighted by atomic mass is 79.9. The number of benzene rings is 2. The number of imide groups is 2. The van der Waals surface area contributed by atoms with E-state index in [4.69, 9.17) is 23.2 Å². The standard InChI is InChI=1S/C28H25BrCl2N2O5/c1-2-11-32-23(35)18-8-7-17-19(21(18)24(32)36)12-27(30)25(37)33(13-29)26(38)28(27,31)22(17)16-9-10-20(34)15-6-4-3-5-14(15)16/h3-7,9-10,18-19,21-22,34H,2,8,11-13H2,1H3/t18-,19+,21-,22-,27+,28-/m0/s1. The first-order valence-electron chi connectivity index (χ1n) is 12.7. The minimum absolute atomic E-state index is 0.0371. The first-order valence-corrected chi connectivity index (χ1v) is 14.6. The summed E-state index contributed by atoms with van der Waals surface area (Å²) in [7, 11) is 0. The van der Waals surface area contributed by atoms with Crippen LogP contribution in [-0.4, -0.2) is 60.3 Å². The normalized spacial score (nSPS) is 34.5. The van der Waals surface area contributed by atoms with Gasteiger partial charge in [0, 0.05) is 17.8 Å². The Labute approximate surface area is 237 Å². The number of phenolic OH excluding ortho intramolecular Hbond substituents is 1. The number of phenols is 1. The predicted octanol–water partition coefficient (Wildman–Crippen LogP) is 4.67. The highest BCUT2D eigenvalue weighted by molar-refractivity contribution is 9.09. The zero-order valence-electron chi connectivity index (χ0n) is 20.5. The van der Waals surface area contributed by atoms with Crippen LogP contribution in [0.25, 0.3) is 10.8 Å². The third-order valence-corrected chi connectivity index (χ3v) is 10.7. The van der Waals surface area contributed by atoms with Crippen LogP contribution >= 0.6 is 39.1 Å². The molecule has 2 heterocycles. The summed E-state index contributed by atoms with van der Waals surface area (Å²) in [6.45, 7) is 2.24. The van der Waals surface area contributed by atoms with E-state index in [0.717, 1.165) is 10.5 Å². The molecule has 4 amide bonds. The number of nitrogens with zero attached hydrogens (tertiary/aromatic N) is 2. The zero-order chi connectivity index (χ0) is 27.1. The topological polar surface area (TPSA) is 95.0 Å². The van der Waals surface area contributed by atoms with Gasteiger partial charge in [-0.25, -0.2) is 0 Å². The van der Waals surface area contributed by atoms with Gasteiger partial charge in [0.1, 0.15) is 5.75 Å². The number of hydrogen-bond donors (Lipinski definition) is 1. The molecule has 0 bridgehead atoms. The van der Waals surface area contributed by atoms with E-state index >= 15 is 0 Å². The molecule has 0 unspecified atom stereocenters. The lowest BCUT2D eigenvalue weighted by Gasteiger charge is -2.51. The van der Waals surface area contributed by atoms with E-state index in [9.17, 15) is 24.3 Å². The van der Waals surface area contributed by atoms with Crippen molar-refractivity contribution in [1.29, 1.82) is 0 Å². The Bertz CT molecular complexity index is 1460. The van der Waals surface area contributed by atoms with E-state index in [2.05, 4.69) is 15.9 Å². The van der Waals surface area contributed by atoms with Crippen molar-refractivity contribution in [2.24, 2.45) is 17.8 Å². The molecule has 2 aliphatic heterocycles. The maximum absolute atomic E-state index is 13.9. The molecule has 7 nitrogen and oxygen atoms in total. The summed E-state index contributed by atoms with van der Waals surface area (Å²) in [5, 5.41) is 11.8. The van der Waals surface area contributed by atoms with Crippen LogP contribution in [0.5, 0.6) is 5.75 Å². The van der Waals surface area contributed by atoms with Gasteiger partial charge in [-0.2, -0.15) is 0 Å². The molecule has 0 radical (unpaired) electrons. The molecule has 3 fully saturated rings. The smallest absolute Gasteiger partial charge is 0.254 e. The maximum atomic E-state index is 13.9. The molecule has 0 aromatic heterocycles. The third-order valence-electron chi connectivity index (χ3n) is 8.80. The molecular formula is C28H25BrCl2N2O5. The van der Waals surface area contributed by atoms with Gasteiger partial charge in [0.05, 0.1) is 17.3 Å². The molecule has 10 heteroatoms. The zero-order valence-corrected chi connectivity index (χ0v) is 23.6. The van der Waals surface area contributed by atoms with E-state index in [0.29, 0.717) is 35.7 Å². The molecule has 198 valence electrons. The van der Waals surface area contributed by atoms with Crippen molar-refractivity contribution >= 4 is 73.5 Å². The second-order valence-corrected chi connectivity index (χ2v) is 12.3. The Morgan fingerprint density at radius 2 is 1.68 bits per heavy atom. The highest BCUT2D eigenvalue weighted by Gasteiger charge is 2.76. The minimum Gasteiger partial charge on any atom is -0.507 e. The number of carbonyl (C=O) groups is 4. The van der Waals surface area contributed by atoms with E-state index in [1.807, 2.05) is 25.1 Å². The van der Waals surface area contributed by atoms with Gasteiger partial charge in [-0.3, -0.25) is 29.0 Å². The van der Waals surface area contributed by atoms with Gasteiger partial charge >= 0.3 is 0 Å². The van der Waals surface area contributed by atoms with E-state index in [1.165, 1.54) is 4.90 Å². The summed E-state index contributed by atoms with van der Waals surface area (Å²) in [6.07, 6.45) is 2.86. The quantitative estimate of drug-likeness (QED) is 0.232. The molecule has 2 aliphatic carbocycles. The van der Waals surface area contributed by atoms with Crippen LogP contribution < -0.4 is 0 Å². The van der Waals surface area contributed by atoms with Gasteiger partial charge in [0.15, 0.2) is 9.75 Å². The van der Waals surface area contributed by atoms with Crippen LogP contribution in [0.4, 0.5) is 0 Å². The van der Waals surface area contributed by atoms with Crippen molar-refractivity contribution in [3.8, 4) is 5.75 Å². The van der Waals surface area contributed by atoms with Gasteiger partial charge in [0.25, 0.3) is 11.8 Å².